The van der Waals surface area contributed by atoms with Gasteiger partial charge < -0.3 is 24.5 Å². The Morgan fingerprint density at radius 1 is 1.12 bits per heavy atom. The average molecular weight is 579 g/mol. The molecule has 2 amide bonds. The summed E-state index contributed by atoms with van der Waals surface area (Å²) >= 11 is 0. The van der Waals surface area contributed by atoms with E-state index >= 15 is 0 Å². The number of amides is 2. The molecular formula is C30H34N4O8. The molecule has 0 spiro atoms. The summed E-state index contributed by atoms with van der Waals surface area (Å²) in [5.74, 6) is -0.812. The minimum absolute atomic E-state index is 0.0712. The van der Waals surface area contributed by atoms with Crippen molar-refractivity contribution < 1.29 is 34.2 Å². The fourth-order valence-corrected chi connectivity index (χ4v) is 5.76. The Balaban J connectivity index is 1.35. The summed E-state index contributed by atoms with van der Waals surface area (Å²) in [6, 6.07) is 6.89. The van der Waals surface area contributed by atoms with E-state index in [0.717, 1.165) is 35.8 Å². The Kier molecular flexibility index (Phi) is 8.28. The maximum absolute atomic E-state index is 13.5. The van der Waals surface area contributed by atoms with Gasteiger partial charge >= 0.3 is 12.1 Å². The molecule has 0 aliphatic carbocycles. The number of aliphatic hydroxyl groups is 1. The molecule has 0 unspecified atom stereocenters. The van der Waals surface area contributed by atoms with Gasteiger partial charge in [-0.2, -0.15) is 0 Å². The highest BCUT2D eigenvalue weighted by Crippen LogP contribution is 2.40. The van der Waals surface area contributed by atoms with Crippen molar-refractivity contribution in [2.45, 2.75) is 77.5 Å². The zero-order chi connectivity index (χ0) is 30.0. The van der Waals surface area contributed by atoms with E-state index in [0.29, 0.717) is 42.0 Å². The van der Waals surface area contributed by atoms with Crippen LogP contribution >= 0.6 is 0 Å². The molecule has 12 heteroatoms. The molecule has 5 rings (SSSR count). The zero-order valence-electron chi connectivity index (χ0n) is 23.6. The van der Waals surface area contributed by atoms with Gasteiger partial charge in [0.15, 0.2) is 5.60 Å². The van der Waals surface area contributed by atoms with Gasteiger partial charge in [-0.05, 0) is 55.5 Å². The highest BCUT2D eigenvalue weighted by molar-refractivity contribution is 5.90. The topological polar surface area (TPSA) is 169 Å². The summed E-state index contributed by atoms with van der Waals surface area (Å²) in [5.41, 5.74) is 3.62. The number of hydrogen-bond donors (Lipinski definition) is 4. The SMILES string of the molecule is CCc1c2c(nc3ccc(OC(=O)NCCCCCCC(=O)NO)cc13)-c1cc3c(c(=O)n1C2)COC(=O)[C@]3(O)CC. The number of hydrogen-bond acceptors (Lipinski definition) is 9. The number of cyclic esters (lactones) is 1. The minimum atomic E-state index is -1.89. The van der Waals surface area contributed by atoms with Crippen LogP contribution in [0.4, 0.5) is 4.79 Å². The summed E-state index contributed by atoms with van der Waals surface area (Å²) < 4.78 is 12.3. The third kappa shape index (κ3) is 5.23. The molecular weight excluding hydrogens is 544 g/mol. The molecule has 0 bridgehead atoms. The third-order valence-corrected chi connectivity index (χ3v) is 8.07. The molecule has 1 aromatic carbocycles. The Labute approximate surface area is 241 Å². The zero-order valence-corrected chi connectivity index (χ0v) is 23.6. The molecule has 2 aromatic heterocycles. The predicted octanol–water partition coefficient (Wildman–Crippen LogP) is 3.19. The van der Waals surface area contributed by atoms with Crippen LogP contribution in [0.15, 0.2) is 29.1 Å². The number of benzene rings is 1. The number of fused-ring (bicyclic) bond motifs is 5. The van der Waals surface area contributed by atoms with Crippen LogP contribution in [-0.2, 0) is 39.5 Å². The average Bonchev–Trinajstić information content (AvgIpc) is 3.35. The van der Waals surface area contributed by atoms with E-state index in [1.807, 2.05) is 6.92 Å². The minimum Gasteiger partial charge on any atom is -0.458 e. The normalized spacial score (nSPS) is 16.8. The number of pyridine rings is 2. The fraction of sp³-hybridized carbons (Fsp3) is 0.433. The smallest absolute Gasteiger partial charge is 0.412 e. The van der Waals surface area contributed by atoms with E-state index < -0.39 is 23.6 Å². The second-order valence-electron chi connectivity index (χ2n) is 10.6. The summed E-state index contributed by atoms with van der Waals surface area (Å²) in [7, 11) is 0. The van der Waals surface area contributed by atoms with Crippen molar-refractivity contribution in [3.05, 3.63) is 56.9 Å². The molecule has 0 saturated carbocycles. The molecule has 0 radical (unpaired) electrons. The van der Waals surface area contributed by atoms with E-state index in [-0.39, 0.29) is 42.7 Å². The van der Waals surface area contributed by atoms with Gasteiger partial charge in [-0.25, -0.2) is 20.1 Å². The van der Waals surface area contributed by atoms with Gasteiger partial charge in [0.05, 0.1) is 29.0 Å². The number of hydroxylamine groups is 1. The van der Waals surface area contributed by atoms with Crippen molar-refractivity contribution in [3.8, 4) is 17.1 Å². The first-order chi connectivity index (χ1) is 20.2. The van der Waals surface area contributed by atoms with Crippen molar-refractivity contribution in [2.24, 2.45) is 0 Å². The number of carbonyl (C=O) groups excluding carboxylic acids is 3. The molecule has 0 saturated heterocycles. The number of unbranched alkanes of at least 4 members (excludes halogenated alkanes) is 3. The van der Waals surface area contributed by atoms with Crippen LogP contribution in [0.25, 0.3) is 22.3 Å². The third-order valence-electron chi connectivity index (χ3n) is 8.07. The molecule has 3 aromatic rings. The van der Waals surface area contributed by atoms with Crippen LogP contribution in [0, 0.1) is 0 Å². The molecule has 4 heterocycles. The lowest BCUT2D eigenvalue weighted by molar-refractivity contribution is -0.172. The largest absolute Gasteiger partial charge is 0.458 e. The van der Waals surface area contributed by atoms with Gasteiger partial charge in [-0.1, -0.05) is 26.7 Å². The molecule has 2 aliphatic heterocycles. The Morgan fingerprint density at radius 3 is 2.64 bits per heavy atom. The first-order valence-corrected chi connectivity index (χ1v) is 14.2. The molecule has 4 N–H and O–H groups in total. The van der Waals surface area contributed by atoms with Crippen LogP contribution in [0.1, 0.15) is 74.6 Å². The van der Waals surface area contributed by atoms with Crippen molar-refractivity contribution in [1.29, 1.82) is 0 Å². The van der Waals surface area contributed by atoms with Crippen LogP contribution in [0.2, 0.25) is 0 Å². The number of aryl methyl sites for hydroxylation is 1. The second-order valence-corrected chi connectivity index (χ2v) is 10.6. The number of aromatic nitrogens is 2. The Morgan fingerprint density at radius 2 is 1.90 bits per heavy atom. The van der Waals surface area contributed by atoms with Crippen LogP contribution < -0.4 is 21.1 Å². The van der Waals surface area contributed by atoms with Gasteiger partial charge in [0.25, 0.3) is 5.56 Å². The van der Waals surface area contributed by atoms with E-state index in [1.165, 1.54) is 0 Å². The second kappa shape index (κ2) is 11.9. The van der Waals surface area contributed by atoms with E-state index in [9.17, 15) is 24.3 Å². The molecule has 222 valence electrons. The summed E-state index contributed by atoms with van der Waals surface area (Å²) in [5, 5.41) is 23.1. The van der Waals surface area contributed by atoms with Gasteiger partial charge in [0.2, 0.25) is 5.91 Å². The van der Waals surface area contributed by atoms with Gasteiger partial charge in [0.1, 0.15) is 12.4 Å². The number of nitrogens with one attached hydrogen (secondary N) is 2. The van der Waals surface area contributed by atoms with Crippen molar-refractivity contribution in [2.75, 3.05) is 6.54 Å². The lowest BCUT2D eigenvalue weighted by Crippen LogP contribution is -2.44. The van der Waals surface area contributed by atoms with Gasteiger partial charge in [-0.15, -0.1) is 0 Å². The van der Waals surface area contributed by atoms with E-state index in [1.54, 1.807) is 41.2 Å². The predicted molar refractivity (Wildman–Crippen MR) is 151 cm³/mol. The Hall–Kier alpha value is -4.29. The van der Waals surface area contributed by atoms with Crippen LogP contribution in [0.5, 0.6) is 5.75 Å². The van der Waals surface area contributed by atoms with Crippen molar-refractivity contribution in [1.82, 2.24) is 20.3 Å². The molecule has 1 atom stereocenters. The summed E-state index contributed by atoms with van der Waals surface area (Å²) in [6.07, 6.45) is 3.39. The van der Waals surface area contributed by atoms with Crippen LogP contribution in [-0.4, -0.2) is 44.4 Å². The van der Waals surface area contributed by atoms with Crippen molar-refractivity contribution in [3.63, 3.8) is 0 Å². The first kappa shape index (κ1) is 29.2. The monoisotopic (exact) mass is 578 g/mol. The molecule has 0 fully saturated rings. The maximum Gasteiger partial charge on any atom is 0.412 e. The van der Waals surface area contributed by atoms with Crippen molar-refractivity contribution >= 4 is 28.9 Å². The number of carbonyl (C=O) groups is 3. The maximum atomic E-state index is 13.5. The van der Waals surface area contributed by atoms with E-state index in [4.69, 9.17) is 19.7 Å². The van der Waals surface area contributed by atoms with E-state index in [2.05, 4.69) is 5.32 Å². The first-order valence-electron chi connectivity index (χ1n) is 14.2. The number of esters is 1. The summed E-state index contributed by atoms with van der Waals surface area (Å²) in [6.45, 7) is 4.20. The van der Waals surface area contributed by atoms with Gasteiger partial charge in [0, 0.05) is 29.5 Å². The quantitative estimate of drug-likeness (QED) is 0.0955. The summed E-state index contributed by atoms with van der Waals surface area (Å²) in [4.78, 5) is 54.2. The number of ether oxygens (including phenoxy) is 2. The lowest BCUT2D eigenvalue weighted by Gasteiger charge is -2.31. The lowest BCUT2D eigenvalue weighted by atomic mass is 9.86. The molecule has 12 nitrogen and oxygen atoms in total. The van der Waals surface area contributed by atoms with Crippen LogP contribution in [0.3, 0.4) is 0 Å². The Bertz CT molecular complexity index is 1630. The number of nitrogens with zero attached hydrogens (tertiary/aromatic N) is 2. The highest BCUT2D eigenvalue weighted by Gasteiger charge is 2.45. The fourth-order valence-electron chi connectivity index (χ4n) is 5.76. The van der Waals surface area contributed by atoms with Gasteiger partial charge in [-0.3, -0.25) is 14.8 Å². The highest BCUT2D eigenvalue weighted by atomic mass is 16.6. The molecule has 42 heavy (non-hydrogen) atoms. The standard InChI is InChI=1S/C30H34N4O8/c1-3-18-19-13-17(42-29(38)31-12-8-6-5-7-9-25(35)33-40)10-11-23(19)32-26-20(18)15-34-24(26)14-22-21(27(34)36)16-41-28(37)30(22,39)4-2/h10-11,13-14,39-40H,3-9,12,15-16H2,1-2H3,(H,31,38)(H,33,35)/t30-/m0/s1. The molecule has 2 aliphatic rings. The number of rotatable bonds is 10.